The monoisotopic (exact) mass is 256 g/mol. The van der Waals surface area contributed by atoms with E-state index in [9.17, 15) is 18.0 Å². The highest BCUT2D eigenvalue weighted by atomic mass is 35.5. The van der Waals surface area contributed by atoms with Crippen LogP contribution in [0.5, 0.6) is 0 Å². The lowest BCUT2D eigenvalue weighted by atomic mass is 10.3. The number of halogens is 4. The first-order chi connectivity index (χ1) is 7.28. The molecule has 3 nitrogen and oxygen atoms in total. The molecule has 0 aromatic rings. The van der Waals surface area contributed by atoms with Crippen molar-refractivity contribution in [2.75, 3.05) is 32.7 Å². The van der Waals surface area contributed by atoms with E-state index in [1.165, 1.54) is 0 Å². The van der Waals surface area contributed by atoms with E-state index in [-0.39, 0.29) is 13.1 Å². The second-order valence-corrected chi connectivity index (χ2v) is 4.19. The molecule has 0 spiro atoms. The van der Waals surface area contributed by atoms with Crippen molar-refractivity contribution in [2.24, 2.45) is 0 Å². The Morgan fingerprint density at radius 3 is 2.50 bits per heavy atom. The predicted molar refractivity (Wildman–Crippen MR) is 54.1 cm³/mol. The van der Waals surface area contributed by atoms with Crippen LogP contribution in [0.4, 0.5) is 13.2 Å². The molecule has 0 atom stereocenters. The summed E-state index contributed by atoms with van der Waals surface area (Å²) in [4.78, 5) is 13.9. The summed E-state index contributed by atoms with van der Waals surface area (Å²) in [6, 6.07) is 0. The molecule has 7 heteroatoms. The van der Waals surface area contributed by atoms with Crippen molar-refractivity contribution in [2.45, 2.75) is 6.18 Å². The second-order valence-electron chi connectivity index (χ2n) is 3.66. The minimum atomic E-state index is -4.34. The number of piperazine rings is 1. The molecule has 16 heavy (non-hydrogen) atoms. The Morgan fingerprint density at radius 2 is 2.06 bits per heavy atom. The van der Waals surface area contributed by atoms with Gasteiger partial charge in [-0.1, -0.05) is 18.2 Å². The van der Waals surface area contributed by atoms with Gasteiger partial charge >= 0.3 is 6.18 Å². The first kappa shape index (κ1) is 13.3. The van der Waals surface area contributed by atoms with E-state index in [1.54, 1.807) is 4.90 Å². The van der Waals surface area contributed by atoms with Gasteiger partial charge in [-0.2, -0.15) is 13.2 Å². The Hall–Kier alpha value is -0.750. The van der Waals surface area contributed by atoms with Gasteiger partial charge in [-0.3, -0.25) is 9.69 Å². The van der Waals surface area contributed by atoms with Gasteiger partial charge in [0, 0.05) is 24.7 Å². The molecule has 0 radical (unpaired) electrons. The summed E-state index contributed by atoms with van der Waals surface area (Å²) in [6.45, 7) is 3.03. The van der Waals surface area contributed by atoms with Gasteiger partial charge in [0.25, 0.3) is 0 Å². The van der Waals surface area contributed by atoms with Crippen molar-refractivity contribution >= 4 is 17.5 Å². The number of hydrogen-bond acceptors (Lipinski definition) is 2. The standard InChI is InChI=1S/C9H12ClF3N2O/c1-7(10)4-14-2-3-15(8(16)5-14)6-9(11,12)13/h1-6H2. The normalized spacial score (nSPS) is 19.0. The van der Waals surface area contributed by atoms with Crippen LogP contribution in [0, 0.1) is 0 Å². The van der Waals surface area contributed by atoms with Gasteiger partial charge in [-0.15, -0.1) is 0 Å². The van der Waals surface area contributed by atoms with Crippen molar-refractivity contribution in [1.29, 1.82) is 0 Å². The molecule has 0 saturated carbocycles. The second kappa shape index (κ2) is 5.05. The van der Waals surface area contributed by atoms with Gasteiger partial charge in [-0.05, 0) is 0 Å². The third kappa shape index (κ3) is 4.40. The summed E-state index contributed by atoms with van der Waals surface area (Å²) in [5.41, 5.74) is 0. The van der Waals surface area contributed by atoms with E-state index in [1.807, 2.05) is 0 Å². The maximum absolute atomic E-state index is 12.1. The van der Waals surface area contributed by atoms with E-state index in [0.717, 1.165) is 4.90 Å². The summed E-state index contributed by atoms with van der Waals surface area (Å²) >= 11 is 5.56. The van der Waals surface area contributed by atoms with Crippen LogP contribution in [0.1, 0.15) is 0 Å². The van der Waals surface area contributed by atoms with Crippen LogP contribution in [0.2, 0.25) is 0 Å². The van der Waals surface area contributed by atoms with Crippen LogP contribution in [0.25, 0.3) is 0 Å². The first-order valence-corrected chi connectivity index (χ1v) is 5.06. The molecule has 0 N–H and O–H groups in total. The molecule has 1 fully saturated rings. The number of carbonyl (C=O) groups is 1. The third-order valence-corrected chi connectivity index (χ3v) is 2.28. The number of carbonyl (C=O) groups excluding carboxylic acids is 1. The van der Waals surface area contributed by atoms with Crippen LogP contribution in [-0.4, -0.2) is 54.6 Å². The lowest BCUT2D eigenvalue weighted by molar-refractivity contribution is -0.165. The van der Waals surface area contributed by atoms with Crippen molar-refractivity contribution in [1.82, 2.24) is 9.80 Å². The van der Waals surface area contributed by atoms with E-state index in [2.05, 4.69) is 6.58 Å². The van der Waals surface area contributed by atoms with E-state index < -0.39 is 18.6 Å². The summed E-state index contributed by atoms with van der Waals surface area (Å²) < 4.78 is 36.2. The average Bonchev–Trinajstić information content (AvgIpc) is 2.06. The van der Waals surface area contributed by atoms with Gasteiger partial charge in [0.1, 0.15) is 6.54 Å². The largest absolute Gasteiger partial charge is 0.406 e. The molecule has 0 aliphatic carbocycles. The zero-order valence-electron chi connectivity index (χ0n) is 8.56. The minimum Gasteiger partial charge on any atom is -0.331 e. The van der Waals surface area contributed by atoms with Gasteiger partial charge in [0.2, 0.25) is 5.91 Å². The van der Waals surface area contributed by atoms with Gasteiger partial charge < -0.3 is 4.90 Å². The SMILES string of the molecule is C=C(Cl)CN1CCN(CC(F)(F)F)C(=O)C1. The molecule has 0 bridgehead atoms. The minimum absolute atomic E-state index is 0.0399. The number of nitrogens with zero attached hydrogens (tertiary/aromatic N) is 2. The Bertz CT molecular complexity index is 293. The molecule has 92 valence electrons. The Kier molecular flexibility index (Phi) is 4.21. The molecule has 1 saturated heterocycles. The van der Waals surface area contributed by atoms with Crippen molar-refractivity contribution < 1.29 is 18.0 Å². The maximum Gasteiger partial charge on any atom is 0.406 e. The number of rotatable bonds is 3. The van der Waals surface area contributed by atoms with Crippen LogP contribution >= 0.6 is 11.6 Å². The maximum atomic E-state index is 12.1. The highest BCUT2D eigenvalue weighted by Crippen LogP contribution is 2.18. The van der Waals surface area contributed by atoms with Gasteiger partial charge in [-0.25, -0.2) is 0 Å². The quantitative estimate of drug-likeness (QED) is 0.763. The number of alkyl halides is 3. The fraction of sp³-hybridized carbons (Fsp3) is 0.667. The molecule has 1 rings (SSSR count). The highest BCUT2D eigenvalue weighted by Gasteiger charge is 2.35. The van der Waals surface area contributed by atoms with E-state index in [0.29, 0.717) is 18.1 Å². The number of amides is 1. The Labute approximate surface area is 96.4 Å². The van der Waals surface area contributed by atoms with Crippen molar-refractivity contribution in [3.63, 3.8) is 0 Å². The summed E-state index contributed by atoms with van der Waals surface area (Å²) in [5.74, 6) is -0.526. The topological polar surface area (TPSA) is 23.6 Å². The van der Waals surface area contributed by atoms with Gasteiger partial charge in [0.15, 0.2) is 0 Å². The van der Waals surface area contributed by atoms with E-state index in [4.69, 9.17) is 11.6 Å². The fourth-order valence-corrected chi connectivity index (χ4v) is 1.69. The molecular weight excluding hydrogens is 245 g/mol. The van der Waals surface area contributed by atoms with Crippen molar-refractivity contribution in [3.05, 3.63) is 11.6 Å². The molecule has 1 aliphatic heterocycles. The summed E-state index contributed by atoms with van der Waals surface area (Å²) in [6.07, 6.45) is -4.34. The van der Waals surface area contributed by atoms with E-state index >= 15 is 0 Å². The molecule has 1 amide bonds. The molecule has 1 aliphatic rings. The zero-order chi connectivity index (χ0) is 12.3. The Morgan fingerprint density at radius 1 is 1.44 bits per heavy atom. The zero-order valence-corrected chi connectivity index (χ0v) is 9.31. The summed E-state index contributed by atoms with van der Waals surface area (Å²) in [5, 5.41) is 0.372. The average molecular weight is 257 g/mol. The van der Waals surface area contributed by atoms with Crippen molar-refractivity contribution in [3.8, 4) is 0 Å². The van der Waals surface area contributed by atoms with Gasteiger partial charge in [0.05, 0.1) is 6.54 Å². The molecule has 0 aromatic carbocycles. The fourth-order valence-electron chi connectivity index (χ4n) is 1.52. The molecular formula is C9H12ClF3N2O. The lowest BCUT2D eigenvalue weighted by Gasteiger charge is -2.34. The molecule has 0 unspecified atom stereocenters. The smallest absolute Gasteiger partial charge is 0.331 e. The summed E-state index contributed by atoms with van der Waals surface area (Å²) in [7, 11) is 0. The number of hydrogen-bond donors (Lipinski definition) is 0. The molecule has 1 heterocycles. The van der Waals surface area contributed by atoms with Crippen LogP contribution in [0.15, 0.2) is 11.6 Å². The van der Waals surface area contributed by atoms with Crippen LogP contribution in [0.3, 0.4) is 0 Å². The molecule has 0 aromatic heterocycles. The Balaban J connectivity index is 2.46. The first-order valence-electron chi connectivity index (χ1n) is 4.68. The van der Waals surface area contributed by atoms with Crippen LogP contribution < -0.4 is 0 Å². The highest BCUT2D eigenvalue weighted by molar-refractivity contribution is 6.29. The lowest BCUT2D eigenvalue weighted by Crippen LogP contribution is -2.52. The van der Waals surface area contributed by atoms with Crippen LogP contribution in [-0.2, 0) is 4.79 Å². The predicted octanol–water partition coefficient (Wildman–Crippen LogP) is 1.45. The third-order valence-electron chi connectivity index (χ3n) is 2.16.